The minimum Gasteiger partial charge on any atom is -0.147 e. The van der Waals surface area contributed by atoms with E-state index in [1.807, 2.05) is 0 Å². The second-order valence-corrected chi connectivity index (χ2v) is 13.4. The zero-order valence-corrected chi connectivity index (χ0v) is 20.0. The summed E-state index contributed by atoms with van der Waals surface area (Å²) in [4.78, 5) is 0. The fraction of sp³-hybridized carbons (Fsp3) is 0.227. The zero-order chi connectivity index (χ0) is 16.0. The van der Waals surface area contributed by atoms with E-state index in [-0.39, 0.29) is 24.8 Å². The molecule has 0 saturated carbocycles. The Morgan fingerprint density at radius 2 is 1.40 bits per heavy atom. The van der Waals surface area contributed by atoms with Crippen LogP contribution in [0.15, 0.2) is 69.1 Å². The summed E-state index contributed by atoms with van der Waals surface area (Å²) in [5.41, 5.74) is 9.06. The molecule has 0 saturated heterocycles. The molecule has 0 N–H and O–H groups in total. The molecule has 0 bridgehead atoms. The maximum Gasteiger partial charge on any atom is -0.147 e. The van der Waals surface area contributed by atoms with Gasteiger partial charge in [0.15, 0.2) is 0 Å². The monoisotopic (exact) mass is 537 g/mol. The minimum atomic E-state index is -0.797. The van der Waals surface area contributed by atoms with E-state index in [4.69, 9.17) is 0 Å². The van der Waals surface area contributed by atoms with Crippen molar-refractivity contribution in [1.29, 1.82) is 0 Å². The minimum absolute atomic E-state index is 0. The molecule has 0 fully saturated rings. The van der Waals surface area contributed by atoms with Crippen LogP contribution in [0.5, 0.6) is 0 Å². The first-order valence-electron chi connectivity index (χ1n) is 8.32. The molecule has 0 nitrogen and oxygen atoms in total. The summed E-state index contributed by atoms with van der Waals surface area (Å²) in [5, 5.41) is 0. The summed E-state index contributed by atoms with van der Waals surface area (Å²) in [5.74, 6) is 0.461. The van der Waals surface area contributed by atoms with Crippen LogP contribution in [0.1, 0.15) is 44.2 Å². The number of hydrogen-bond donors (Lipinski definition) is 0. The number of halogens is 2. The summed E-state index contributed by atoms with van der Waals surface area (Å²) in [6, 6.07) is 18.0. The molecule has 0 heterocycles. The van der Waals surface area contributed by atoms with Gasteiger partial charge in [-0.15, -0.1) is 24.8 Å². The SMILES string of the molecule is CC1=CC[C]([Hf]=[C](C)C)=C1C1c2ccccc2-c2ccccc21.Cl.Cl. The van der Waals surface area contributed by atoms with Crippen LogP contribution < -0.4 is 0 Å². The van der Waals surface area contributed by atoms with Crippen LogP contribution in [-0.2, 0) is 22.4 Å². The van der Waals surface area contributed by atoms with E-state index in [9.17, 15) is 0 Å². The molecule has 0 unspecified atom stereocenters. The van der Waals surface area contributed by atoms with E-state index < -0.39 is 22.4 Å². The molecule has 129 valence electrons. The molecule has 0 atom stereocenters. The Morgan fingerprint density at radius 1 is 0.880 bits per heavy atom. The van der Waals surface area contributed by atoms with E-state index >= 15 is 0 Å². The summed E-state index contributed by atoms with van der Waals surface area (Å²) in [7, 11) is 0. The molecule has 4 rings (SSSR count). The Kier molecular flexibility index (Phi) is 6.81. The molecule has 2 aromatic rings. The van der Waals surface area contributed by atoms with Crippen molar-refractivity contribution in [2.75, 3.05) is 0 Å². The van der Waals surface area contributed by atoms with Gasteiger partial charge in [0.1, 0.15) is 0 Å². The van der Waals surface area contributed by atoms with Crippen LogP contribution in [0, 0.1) is 0 Å². The quantitative estimate of drug-likeness (QED) is 0.382. The maximum absolute atomic E-state index is 2.46. The van der Waals surface area contributed by atoms with Gasteiger partial charge in [-0.1, -0.05) is 0 Å². The van der Waals surface area contributed by atoms with Crippen LogP contribution in [0.2, 0.25) is 0 Å². The average molecular weight is 537 g/mol. The summed E-state index contributed by atoms with van der Waals surface area (Å²) >= 11 is -0.797. The first kappa shape index (κ1) is 20.6. The third-order valence-corrected chi connectivity index (χ3v) is 9.47. The number of benzene rings is 2. The molecule has 2 aromatic carbocycles. The molecule has 0 amide bonds. The normalized spacial score (nSPS) is 14.8. The number of hydrogen-bond acceptors (Lipinski definition) is 0. The molecule has 3 heteroatoms. The molecule has 2 aliphatic carbocycles. The largest absolute Gasteiger partial charge is 0.147 e. The van der Waals surface area contributed by atoms with Crippen LogP contribution in [0.25, 0.3) is 11.1 Å². The van der Waals surface area contributed by atoms with Crippen LogP contribution in [0.3, 0.4) is 0 Å². The summed E-state index contributed by atoms with van der Waals surface area (Å²) < 4.78 is 3.50. The zero-order valence-electron chi connectivity index (χ0n) is 14.8. The van der Waals surface area contributed by atoms with Crippen molar-refractivity contribution in [2.24, 2.45) is 0 Å². The molecule has 2 aliphatic rings. The second kappa shape index (κ2) is 8.29. The van der Waals surface area contributed by atoms with Gasteiger partial charge in [0, 0.05) is 0 Å². The molecule has 0 aliphatic heterocycles. The Hall–Kier alpha value is -0.760. The van der Waals surface area contributed by atoms with Gasteiger partial charge in [-0.05, 0) is 0 Å². The summed E-state index contributed by atoms with van der Waals surface area (Å²) in [6.07, 6.45) is 3.67. The smallest absolute Gasteiger partial charge is 0.147 e. The fourth-order valence-electron chi connectivity index (χ4n) is 4.00. The predicted molar refractivity (Wildman–Crippen MR) is 110 cm³/mol. The Labute approximate surface area is 174 Å². The number of fused-ring (bicyclic) bond motifs is 3. The predicted octanol–water partition coefficient (Wildman–Crippen LogP) is 6.54. The van der Waals surface area contributed by atoms with Crippen molar-refractivity contribution in [2.45, 2.75) is 33.1 Å². The molecular formula is C22H23Cl2Hf. The Morgan fingerprint density at radius 3 is 1.92 bits per heavy atom. The van der Waals surface area contributed by atoms with Gasteiger partial charge in [0.25, 0.3) is 0 Å². The maximum atomic E-state index is 2.46. The van der Waals surface area contributed by atoms with Gasteiger partial charge in [0.05, 0.1) is 0 Å². The number of allylic oxidation sites excluding steroid dienone is 4. The number of rotatable bonds is 2. The standard InChI is InChI=1S/C19H15.C3H6.2ClH.Hf/c1-13-7-6-12-14(13)19-17-10-4-2-8-15(17)16-9-3-5-11-18(16)19;1-3-2;;;/h2-5,7-11,19H,6H2,1H3;1-2H3;2*1H;. The van der Waals surface area contributed by atoms with Gasteiger partial charge >= 0.3 is 150 Å². The molecule has 25 heavy (non-hydrogen) atoms. The van der Waals surface area contributed by atoms with Crippen molar-refractivity contribution in [1.82, 2.24) is 0 Å². The van der Waals surface area contributed by atoms with Gasteiger partial charge < -0.3 is 0 Å². The second-order valence-electron chi connectivity index (χ2n) is 6.72. The third-order valence-electron chi connectivity index (χ3n) is 4.89. The molecule has 0 spiro atoms. The first-order chi connectivity index (χ1) is 11.2. The van der Waals surface area contributed by atoms with Crippen LogP contribution in [-0.4, -0.2) is 3.26 Å². The van der Waals surface area contributed by atoms with E-state index in [0.29, 0.717) is 5.92 Å². The average Bonchev–Trinajstić information content (AvgIpc) is 3.05. The van der Waals surface area contributed by atoms with Crippen molar-refractivity contribution in [3.8, 4) is 11.1 Å². The van der Waals surface area contributed by atoms with Crippen molar-refractivity contribution >= 4 is 28.1 Å². The van der Waals surface area contributed by atoms with E-state index in [0.717, 1.165) is 0 Å². The van der Waals surface area contributed by atoms with Crippen LogP contribution in [0.4, 0.5) is 0 Å². The van der Waals surface area contributed by atoms with E-state index in [1.54, 1.807) is 12.2 Å². The molecule has 0 radical (unpaired) electrons. The van der Waals surface area contributed by atoms with Crippen LogP contribution >= 0.6 is 24.8 Å². The molecule has 0 aromatic heterocycles. The van der Waals surface area contributed by atoms with Crippen molar-refractivity contribution in [3.05, 3.63) is 80.2 Å². The van der Waals surface area contributed by atoms with Crippen molar-refractivity contribution in [3.63, 3.8) is 0 Å². The Bertz CT molecular complexity index is 841. The van der Waals surface area contributed by atoms with E-state index in [1.165, 1.54) is 34.2 Å². The Balaban J connectivity index is 0.00000113. The first-order valence-corrected chi connectivity index (χ1v) is 11.9. The van der Waals surface area contributed by atoms with Gasteiger partial charge in [0.2, 0.25) is 0 Å². The topological polar surface area (TPSA) is 0 Å². The summed E-state index contributed by atoms with van der Waals surface area (Å²) in [6.45, 7) is 6.98. The van der Waals surface area contributed by atoms with Gasteiger partial charge in [-0.25, -0.2) is 0 Å². The molecular weight excluding hydrogens is 514 g/mol. The van der Waals surface area contributed by atoms with Gasteiger partial charge in [-0.3, -0.25) is 0 Å². The van der Waals surface area contributed by atoms with Crippen molar-refractivity contribution < 1.29 is 22.4 Å². The van der Waals surface area contributed by atoms with E-state index in [2.05, 4.69) is 75.4 Å². The fourth-order valence-corrected chi connectivity index (χ4v) is 8.61. The van der Waals surface area contributed by atoms with Gasteiger partial charge in [-0.2, -0.15) is 0 Å². The third kappa shape index (κ3) is 3.56.